The lowest BCUT2D eigenvalue weighted by atomic mass is 10.2. The summed E-state index contributed by atoms with van der Waals surface area (Å²) in [4.78, 5) is 23.4. The van der Waals surface area contributed by atoms with Crippen LogP contribution in [0, 0.1) is 0 Å². The molecule has 0 spiro atoms. The number of rotatable bonds is 7. The fourth-order valence-corrected chi connectivity index (χ4v) is 4.53. The van der Waals surface area contributed by atoms with Crippen molar-refractivity contribution in [2.75, 3.05) is 51.1 Å². The molecule has 0 aromatic carbocycles. The normalized spacial score (nSPS) is 22.5. The summed E-state index contributed by atoms with van der Waals surface area (Å²) in [6, 6.07) is 0.654. The lowest BCUT2D eigenvalue weighted by molar-refractivity contribution is -0.132. The van der Waals surface area contributed by atoms with E-state index in [1.54, 1.807) is 11.3 Å². The third-order valence-corrected chi connectivity index (χ3v) is 6.21. The fourth-order valence-electron chi connectivity index (χ4n) is 3.82. The Balaban J connectivity index is 1.42. The van der Waals surface area contributed by atoms with E-state index in [4.69, 9.17) is 4.98 Å². The van der Waals surface area contributed by atoms with E-state index >= 15 is 0 Å². The third-order valence-electron chi connectivity index (χ3n) is 5.36. The van der Waals surface area contributed by atoms with Crippen molar-refractivity contribution in [2.45, 2.75) is 45.7 Å². The first-order chi connectivity index (χ1) is 12.2. The van der Waals surface area contributed by atoms with Crippen LogP contribution in [0.1, 0.15) is 38.8 Å². The number of piperazine rings is 1. The van der Waals surface area contributed by atoms with E-state index in [-0.39, 0.29) is 5.91 Å². The topological polar surface area (TPSA) is 51.7 Å². The molecule has 0 radical (unpaired) electrons. The molecule has 0 aliphatic carbocycles. The fraction of sp³-hybridized carbons (Fsp3) is 0.778. The van der Waals surface area contributed by atoms with Crippen LogP contribution >= 0.6 is 11.3 Å². The Hall–Kier alpha value is -1.18. The lowest BCUT2D eigenvalue weighted by Gasteiger charge is -2.34. The minimum absolute atomic E-state index is 0.271. The molecule has 6 nitrogen and oxygen atoms in total. The van der Waals surface area contributed by atoms with Crippen LogP contribution in [0.25, 0.3) is 0 Å². The zero-order valence-electron chi connectivity index (χ0n) is 15.5. The number of amides is 1. The molecule has 2 aliphatic heterocycles. The predicted octanol–water partition coefficient (Wildman–Crippen LogP) is 2.09. The number of aromatic nitrogens is 1. The molecule has 2 aliphatic rings. The van der Waals surface area contributed by atoms with Crippen molar-refractivity contribution in [3.05, 3.63) is 11.1 Å². The van der Waals surface area contributed by atoms with Crippen LogP contribution in [0.3, 0.4) is 0 Å². The van der Waals surface area contributed by atoms with Crippen LogP contribution in [-0.4, -0.2) is 77.4 Å². The van der Waals surface area contributed by atoms with Crippen molar-refractivity contribution in [1.29, 1.82) is 0 Å². The Morgan fingerprint density at radius 2 is 2.08 bits per heavy atom. The van der Waals surface area contributed by atoms with Gasteiger partial charge in [-0.1, -0.05) is 13.8 Å². The molecule has 140 valence electrons. The van der Waals surface area contributed by atoms with Crippen LogP contribution in [0.15, 0.2) is 5.38 Å². The molecule has 25 heavy (non-hydrogen) atoms. The largest absolute Gasteiger partial charge is 0.360 e. The number of carbonyl (C=O) groups is 1. The van der Waals surface area contributed by atoms with Crippen molar-refractivity contribution in [3.8, 4) is 0 Å². The maximum absolute atomic E-state index is 11.7. The molecule has 0 unspecified atom stereocenters. The van der Waals surface area contributed by atoms with Crippen LogP contribution < -0.4 is 5.32 Å². The van der Waals surface area contributed by atoms with Crippen molar-refractivity contribution in [2.24, 2.45) is 0 Å². The lowest BCUT2D eigenvalue weighted by Crippen LogP contribution is -2.48. The Labute approximate surface area is 155 Å². The highest BCUT2D eigenvalue weighted by Gasteiger charge is 2.23. The highest BCUT2D eigenvalue weighted by atomic mass is 32.1. The van der Waals surface area contributed by atoms with E-state index in [2.05, 4.69) is 27.4 Å². The van der Waals surface area contributed by atoms with Crippen LogP contribution in [0.4, 0.5) is 5.13 Å². The van der Waals surface area contributed by atoms with E-state index in [1.807, 2.05) is 11.8 Å². The highest BCUT2D eigenvalue weighted by Crippen LogP contribution is 2.20. The average Bonchev–Trinajstić information content (AvgIpc) is 3.28. The summed E-state index contributed by atoms with van der Waals surface area (Å²) >= 11 is 1.71. The summed E-state index contributed by atoms with van der Waals surface area (Å²) in [5, 5.41) is 6.74. The van der Waals surface area contributed by atoms with Gasteiger partial charge in [0.15, 0.2) is 5.13 Å². The Bertz CT molecular complexity index is 555. The average molecular weight is 366 g/mol. The predicted molar refractivity (Wildman–Crippen MR) is 103 cm³/mol. The smallest absolute Gasteiger partial charge is 0.222 e. The van der Waals surface area contributed by atoms with Gasteiger partial charge in [-0.05, 0) is 25.9 Å². The first-order valence-electron chi connectivity index (χ1n) is 9.62. The molecule has 1 aromatic heterocycles. The van der Waals surface area contributed by atoms with Gasteiger partial charge in [0.05, 0.1) is 5.69 Å². The van der Waals surface area contributed by atoms with E-state index in [9.17, 15) is 4.79 Å². The first kappa shape index (κ1) is 18.6. The van der Waals surface area contributed by atoms with Gasteiger partial charge in [0.25, 0.3) is 0 Å². The van der Waals surface area contributed by atoms with Gasteiger partial charge < -0.3 is 10.2 Å². The second-order valence-corrected chi connectivity index (χ2v) is 7.82. The van der Waals surface area contributed by atoms with Gasteiger partial charge in [0.2, 0.25) is 5.91 Å². The van der Waals surface area contributed by atoms with Gasteiger partial charge in [0, 0.05) is 57.1 Å². The molecule has 1 N–H and O–H groups in total. The van der Waals surface area contributed by atoms with Crippen LogP contribution in [0.5, 0.6) is 0 Å². The maximum Gasteiger partial charge on any atom is 0.222 e. The van der Waals surface area contributed by atoms with Gasteiger partial charge in [-0.3, -0.25) is 14.6 Å². The molecule has 1 atom stereocenters. The van der Waals surface area contributed by atoms with Crippen molar-refractivity contribution < 1.29 is 4.79 Å². The second-order valence-electron chi connectivity index (χ2n) is 6.96. The van der Waals surface area contributed by atoms with E-state index in [0.29, 0.717) is 12.5 Å². The first-order valence-corrected chi connectivity index (χ1v) is 10.5. The number of nitrogens with zero attached hydrogens (tertiary/aromatic N) is 4. The standard InChI is InChI=1S/C18H31N5OS/c1-3-17(24)23-10-8-21(9-11-23)13-15-14-25-18(20-15)19-12-16-6-5-7-22(16)4-2/h14,16H,3-13H2,1-2H3,(H,19,20)/t16-/m0/s1. The summed E-state index contributed by atoms with van der Waals surface area (Å²) < 4.78 is 0. The summed E-state index contributed by atoms with van der Waals surface area (Å²) in [6.07, 6.45) is 3.22. The number of carbonyl (C=O) groups excluding carboxylic acids is 1. The van der Waals surface area contributed by atoms with Crippen molar-refractivity contribution in [1.82, 2.24) is 19.7 Å². The Morgan fingerprint density at radius 1 is 1.28 bits per heavy atom. The SMILES string of the molecule is CCC(=O)N1CCN(Cc2csc(NC[C@@H]3CCCN3CC)n2)CC1. The van der Waals surface area contributed by atoms with Crippen molar-refractivity contribution in [3.63, 3.8) is 0 Å². The van der Waals surface area contributed by atoms with E-state index in [1.165, 1.54) is 19.4 Å². The second kappa shape index (κ2) is 8.96. The molecule has 0 bridgehead atoms. The number of likely N-dealkylation sites (N-methyl/N-ethyl adjacent to an activating group) is 1. The number of likely N-dealkylation sites (tertiary alicyclic amines) is 1. The molecular weight excluding hydrogens is 334 g/mol. The molecule has 0 saturated carbocycles. The molecule has 7 heteroatoms. The van der Waals surface area contributed by atoms with Gasteiger partial charge >= 0.3 is 0 Å². The monoisotopic (exact) mass is 365 g/mol. The number of thiazole rings is 1. The summed E-state index contributed by atoms with van der Waals surface area (Å²) in [6.45, 7) is 12.0. The number of nitrogens with one attached hydrogen (secondary N) is 1. The van der Waals surface area contributed by atoms with Crippen LogP contribution in [-0.2, 0) is 11.3 Å². The van der Waals surface area contributed by atoms with Gasteiger partial charge in [-0.15, -0.1) is 11.3 Å². The molecule has 3 heterocycles. The zero-order valence-corrected chi connectivity index (χ0v) is 16.4. The number of hydrogen-bond acceptors (Lipinski definition) is 6. The van der Waals surface area contributed by atoms with E-state index < -0.39 is 0 Å². The molecular formula is C18H31N5OS. The summed E-state index contributed by atoms with van der Waals surface area (Å²) in [7, 11) is 0. The highest BCUT2D eigenvalue weighted by molar-refractivity contribution is 7.13. The third kappa shape index (κ3) is 4.92. The zero-order chi connectivity index (χ0) is 17.6. The minimum Gasteiger partial charge on any atom is -0.360 e. The Morgan fingerprint density at radius 3 is 2.80 bits per heavy atom. The summed E-state index contributed by atoms with van der Waals surface area (Å²) in [5.74, 6) is 0.271. The molecule has 2 fully saturated rings. The van der Waals surface area contributed by atoms with Crippen LogP contribution in [0.2, 0.25) is 0 Å². The minimum atomic E-state index is 0.271. The molecule has 1 amide bonds. The van der Waals surface area contributed by atoms with Gasteiger partial charge in [0.1, 0.15) is 0 Å². The van der Waals surface area contributed by atoms with E-state index in [0.717, 1.165) is 56.6 Å². The number of hydrogen-bond donors (Lipinski definition) is 1. The molecule has 3 rings (SSSR count). The maximum atomic E-state index is 11.7. The Kier molecular flexibility index (Phi) is 6.67. The van der Waals surface area contributed by atoms with Gasteiger partial charge in [-0.25, -0.2) is 4.98 Å². The molecule has 2 saturated heterocycles. The van der Waals surface area contributed by atoms with Gasteiger partial charge in [-0.2, -0.15) is 0 Å². The quantitative estimate of drug-likeness (QED) is 0.802. The number of anilines is 1. The van der Waals surface area contributed by atoms with Crippen molar-refractivity contribution >= 4 is 22.4 Å². The summed E-state index contributed by atoms with van der Waals surface area (Å²) in [5.41, 5.74) is 1.14. The molecule has 1 aromatic rings.